The zero-order valence-corrected chi connectivity index (χ0v) is 17.6. The molecule has 0 spiro atoms. The minimum atomic E-state index is 0.00882. The number of hydrogen-bond donors (Lipinski definition) is 0. The topological polar surface area (TPSA) is 58.4 Å². The Hall–Kier alpha value is -2.80. The van der Waals surface area contributed by atoms with Crippen molar-refractivity contribution in [3.63, 3.8) is 0 Å². The van der Waals surface area contributed by atoms with Gasteiger partial charge in [-0.15, -0.1) is 0 Å². The Bertz CT molecular complexity index is 1120. The number of carbonyl (C=O) groups excluding carboxylic acids is 1. The second-order valence-corrected chi connectivity index (χ2v) is 8.75. The highest BCUT2D eigenvalue weighted by molar-refractivity contribution is 7.99. The van der Waals surface area contributed by atoms with Gasteiger partial charge < -0.3 is 9.80 Å². The van der Waals surface area contributed by atoms with Crippen LogP contribution in [0, 0.1) is 0 Å². The van der Waals surface area contributed by atoms with Crippen LogP contribution in [0.2, 0.25) is 0 Å². The number of thioether (sulfide) groups is 1. The number of hydrogen-bond acceptors (Lipinski definition) is 5. The summed E-state index contributed by atoms with van der Waals surface area (Å²) in [4.78, 5) is 34.7. The maximum Gasteiger partial charge on any atom is 0.262 e. The summed E-state index contributed by atoms with van der Waals surface area (Å²) in [5.41, 5.74) is 1.91. The van der Waals surface area contributed by atoms with Crippen molar-refractivity contribution in [1.29, 1.82) is 0 Å². The number of carbonyl (C=O) groups is 1. The van der Waals surface area contributed by atoms with Gasteiger partial charge >= 0.3 is 0 Å². The van der Waals surface area contributed by atoms with E-state index in [-0.39, 0.29) is 17.5 Å². The molecule has 6 nitrogen and oxygen atoms in total. The third-order valence-electron chi connectivity index (χ3n) is 5.77. The zero-order chi connectivity index (χ0) is 20.5. The molecule has 1 aliphatic carbocycles. The molecule has 2 fully saturated rings. The minimum Gasteiger partial charge on any atom is -0.368 e. The van der Waals surface area contributed by atoms with Crippen LogP contribution < -0.4 is 10.5 Å². The van der Waals surface area contributed by atoms with E-state index in [0.29, 0.717) is 21.8 Å². The van der Waals surface area contributed by atoms with Crippen molar-refractivity contribution < 1.29 is 4.79 Å². The van der Waals surface area contributed by atoms with Gasteiger partial charge in [0.15, 0.2) is 5.16 Å². The first-order valence-electron chi connectivity index (χ1n) is 10.4. The predicted molar refractivity (Wildman–Crippen MR) is 120 cm³/mol. The van der Waals surface area contributed by atoms with Crippen LogP contribution in [0.25, 0.3) is 10.9 Å². The van der Waals surface area contributed by atoms with Gasteiger partial charge in [0, 0.05) is 37.9 Å². The van der Waals surface area contributed by atoms with Gasteiger partial charge in [0.1, 0.15) is 0 Å². The molecule has 3 aromatic rings. The Balaban J connectivity index is 1.26. The molecule has 0 N–H and O–H groups in total. The van der Waals surface area contributed by atoms with Crippen LogP contribution in [0.5, 0.6) is 0 Å². The first-order chi connectivity index (χ1) is 14.7. The third-order valence-corrected chi connectivity index (χ3v) is 6.70. The number of rotatable bonds is 5. The number of aromatic nitrogens is 2. The number of fused-ring (bicyclic) bond motifs is 1. The molecule has 2 aliphatic rings. The summed E-state index contributed by atoms with van der Waals surface area (Å²) in [6.45, 7) is 3.10. The van der Waals surface area contributed by atoms with E-state index in [1.54, 1.807) is 4.57 Å². The van der Waals surface area contributed by atoms with Crippen LogP contribution >= 0.6 is 11.8 Å². The van der Waals surface area contributed by atoms with Crippen molar-refractivity contribution in [2.75, 3.05) is 36.8 Å². The van der Waals surface area contributed by atoms with Gasteiger partial charge in [-0.3, -0.25) is 14.2 Å². The number of piperazine rings is 1. The van der Waals surface area contributed by atoms with Gasteiger partial charge in [0.25, 0.3) is 5.56 Å². The molecule has 0 radical (unpaired) electrons. The summed E-state index contributed by atoms with van der Waals surface area (Å²) in [6, 6.07) is 18.0. The molecular weight excluding hydrogens is 396 g/mol. The molecule has 1 saturated heterocycles. The van der Waals surface area contributed by atoms with Crippen molar-refractivity contribution in [2.24, 2.45) is 0 Å². The molecule has 5 rings (SSSR count). The number of para-hydroxylation sites is 2. The molecule has 0 atom stereocenters. The van der Waals surface area contributed by atoms with E-state index in [1.165, 1.54) is 17.4 Å². The first kappa shape index (κ1) is 19.2. The fourth-order valence-corrected chi connectivity index (χ4v) is 4.92. The van der Waals surface area contributed by atoms with Crippen molar-refractivity contribution in [2.45, 2.75) is 24.0 Å². The lowest BCUT2D eigenvalue weighted by atomic mass is 10.2. The Labute approximate surface area is 179 Å². The van der Waals surface area contributed by atoms with Crippen molar-refractivity contribution in [3.05, 3.63) is 65.0 Å². The number of benzene rings is 2. The Morgan fingerprint density at radius 2 is 1.67 bits per heavy atom. The highest BCUT2D eigenvalue weighted by Gasteiger charge is 2.29. The average Bonchev–Trinajstić information content (AvgIpc) is 3.63. The number of anilines is 1. The van der Waals surface area contributed by atoms with E-state index in [1.807, 2.05) is 47.4 Å². The lowest BCUT2D eigenvalue weighted by Gasteiger charge is -2.36. The normalized spacial score (nSPS) is 16.8. The summed E-state index contributed by atoms with van der Waals surface area (Å²) in [5.74, 6) is 0.417. The van der Waals surface area contributed by atoms with Crippen LogP contribution in [0.15, 0.2) is 64.5 Å². The van der Waals surface area contributed by atoms with Crippen LogP contribution in [0.3, 0.4) is 0 Å². The van der Waals surface area contributed by atoms with E-state index in [2.05, 4.69) is 17.0 Å². The fourth-order valence-electron chi connectivity index (χ4n) is 3.95. The molecule has 7 heteroatoms. The van der Waals surface area contributed by atoms with E-state index in [0.717, 1.165) is 39.0 Å². The monoisotopic (exact) mass is 420 g/mol. The standard InChI is InChI=1S/C23H24N4O2S/c28-21(26-14-12-25(13-15-26)17-6-2-1-3-7-17)16-30-23-24-20-9-5-4-8-19(20)22(29)27(23)18-10-11-18/h1-9,18H,10-16H2. The molecule has 2 heterocycles. The molecular formula is C23H24N4O2S. The van der Waals surface area contributed by atoms with Crippen LogP contribution in [0.1, 0.15) is 18.9 Å². The average molecular weight is 421 g/mol. The summed E-state index contributed by atoms with van der Waals surface area (Å²) in [5, 5.41) is 1.31. The van der Waals surface area contributed by atoms with Gasteiger partial charge in [-0.2, -0.15) is 0 Å². The van der Waals surface area contributed by atoms with Gasteiger partial charge in [0.2, 0.25) is 5.91 Å². The SMILES string of the molecule is O=C(CSc1nc2ccccc2c(=O)n1C1CC1)N1CCN(c2ccccc2)CC1. The number of nitrogens with zero attached hydrogens (tertiary/aromatic N) is 4. The van der Waals surface area contributed by atoms with Gasteiger partial charge in [-0.1, -0.05) is 42.1 Å². The molecule has 0 unspecified atom stereocenters. The Morgan fingerprint density at radius 1 is 0.967 bits per heavy atom. The Kier molecular flexibility index (Phi) is 5.21. The summed E-state index contributed by atoms with van der Waals surface area (Å²) < 4.78 is 1.80. The lowest BCUT2D eigenvalue weighted by Crippen LogP contribution is -2.49. The molecule has 1 saturated carbocycles. The number of amides is 1. The second kappa shape index (κ2) is 8.14. The largest absolute Gasteiger partial charge is 0.368 e. The molecule has 1 aromatic heterocycles. The van der Waals surface area contributed by atoms with E-state index < -0.39 is 0 Å². The third kappa shape index (κ3) is 3.81. The fraction of sp³-hybridized carbons (Fsp3) is 0.348. The Morgan fingerprint density at radius 3 is 2.40 bits per heavy atom. The van der Waals surface area contributed by atoms with E-state index >= 15 is 0 Å². The highest BCUT2D eigenvalue weighted by atomic mass is 32.2. The highest BCUT2D eigenvalue weighted by Crippen LogP contribution is 2.36. The van der Waals surface area contributed by atoms with E-state index in [9.17, 15) is 9.59 Å². The molecule has 1 amide bonds. The van der Waals surface area contributed by atoms with Crippen molar-refractivity contribution in [1.82, 2.24) is 14.5 Å². The smallest absolute Gasteiger partial charge is 0.262 e. The lowest BCUT2D eigenvalue weighted by molar-refractivity contribution is -0.128. The molecule has 1 aliphatic heterocycles. The maximum absolute atomic E-state index is 13.0. The predicted octanol–water partition coefficient (Wildman–Crippen LogP) is 3.17. The molecule has 0 bridgehead atoms. The van der Waals surface area contributed by atoms with Gasteiger partial charge in [-0.25, -0.2) is 4.98 Å². The summed E-state index contributed by atoms with van der Waals surface area (Å²) in [6.07, 6.45) is 2.01. The van der Waals surface area contributed by atoms with Crippen molar-refractivity contribution >= 4 is 34.3 Å². The zero-order valence-electron chi connectivity index (χ0n) is 16.7. The first-order valence-corrected chi connectivity index (χ1v) is 11.4. The molecule has 30 heavy (non-hydrogen) atoms. The molecule has 154 valence electrons. The molecule has 2 aromatic carbocycles. The second-order valence-electron chi connectivity index (χ2n) is 7.81. The summed E-state index contributed by atoms with van der Waals surface area (Å²) >= 11 is 1.39. The van der Waals surface area contributed by atoms with Gasteiger partial charge in [0.05, 0.1) is 16.7 Å². The van der Waals surface area contributed by atoms with E-state index in [4.69, 9.17) is 4.98 Å². The maximum atomic E-state index is 13.0. The van der Waals surface area contributed by atoms with Crippen LogP contribution in [-0.4, -0.2) is 52.3 Å². The minimum absolute atomic E-state index is 0.00882. The van der Waals surface area contributed by atoms with Crippen molar-refractivity contribution in [3.8, 4) is 0 Å². The van der Waals surface area contributed by atoms with Gasteiger partial charge in [-0.05, 0) is 37.1 Å². The quantitative estimate of drug-likeness (QED) is 0.469. The van der Waals surface area contributed by atoms with Crippen LogP contribution in [-0.2, 0) is 4.79 Å². The summed E-state index contributed by atoms with van der Waals surface area (Å²) in [7, 11) is 0. The van der Waals surface area contributed by atoms with Crippen LogP contribution in [0.4, 0.5) is 5.69 Å².